The van der Waals surface area contributed by atoms with Crippen molar-refractivity contribution >= 4 is 6.03 Å². The summed E-state index contributed by atoms with van der Waals surface area (Å²) in [5.41, 5.74) is 0.599. The summed E-state index contributed by atoms with van der Waals surface area (Å²) in [4.78, 5) is 16.4. The summed E-state index contributed by atoms with van der Waals surface area (Å²) in [6.45, 7) is 4.86. The zero-order chi connectivity index (χ0) is 12.4. The Bertz CT molecular complexity index is 297. The van der Waals surface area contributed by atoms with E-state index in [1.165, 1.54) is 38.5 Å². The number of hydrogen-bond acceptors (Lipinski definition) is 2. The maximum atomic E-state index is 12.4. The van der Waals surface area contributed by atoms with Crippen molar-refractivity contribution in [2.45, 2.75) is 38.5 Å². The first-order valence-electron chi connectivity index (χ1n) is 7.41. The van der Waals surface area contributed by atoms with Crippen LogP contribution in [0.2, 0.25) is 0 Å². The van der Waals surface area contributed by atoms with E-state index in [1.54, 1.807) is 0 Å². The molecule has 3 rings (SSSR count). The minimum Gasteiger partial charge on any atom is -0.378 e. The van der Waals surface area contributed by atoms with Gasteiger partial charge in [0.2, 0.25) is 0 Å². The third kappa shape index (κ3) is 2.35. The number of rotatable bonds is 0. The second kappa shape index (κ2) is 5.08. The molecule has 3 aliphatic rings. The summed E-state index contributed by atoms with van der Waals surface area (Å²) in [6, 6.07) is 0.242. The van der Waals surface area contributed by atoms with Crippen molar-refractivity contribution in [2.75, 3.05) is 39.4 Å². The van der Waals surface area contributed by atoms with E-state index >= 15 is 0 Å². The van der Waals surface area contributed by atoms with Crippen LogP contribution in [0.1, 0.15) is 38.5 Å². The fourth-order valence-corrected chi connectivity index (χ4v) is 3.75. The van der Waals surface area contributed by atoms with Crippen LogP contribution >= 0.6 is 0 Å². The predicted octanol–water partition coefficient (Wildman–Crippen LogP) is 2.09. The van der Waals surface area contributed by atoms with Crippen molar-refractivity contribution in [3.8, 4) is 0 Å². The molecular weight excluding hydrogens is 228 g/mol. The molecular formula is C14H24N2O2. The number of likely N-dealkylation sites (tertiary alicyclic amines) is 1. The summed E-state index contributed by atoms with van der Waals surface area (Å²) in [5.74, 6) is 0. The first-order valence-corrected chi connectivity index (χ1v) is 7.41. The monoisotopic (exact) mass is 252 g/mol. The fourth-order valence-electron chi connectivity index (χ4n) is 3.75. The topological polar surface area (TPSA) is 32.8 Å². The van der Waals surface area contributed by atoms with Crippen LogP contribution in [0.3, 0.4) is 0 Å². The Morgan fingerprint density at radius 3 is 2.00 bits per heavy atom. The Labute approximate surface area is 109 Å². The van der Waals surface area contributed by atoms with Crippen LogP contribution in [0, 0.1) is 5.41 Å². The zero-order valence-corrected chi connectivity index (χ0v) is 11.2. The summed E-state index contributed by atoms with van der Waals surface area (Å²) < 4.78 is 5.30. The number of carbonyl (C=O) groups is 1. The van der Waals surface area contributed by atoms with Gasteiger partial charge in [0, 0.05) is 26.2 Å². The molecule has 0 N–H and O–H groups in total. The van der Waals surface area contributed by atoms with E-state index in [-0.39, 0.29) is 6.03 Å². The highest BCUT2D eigenvalue weighted by Gasteiger charge is 2.38. The number of urea groups is 1. The zero-order valence-electron chi connectivity index (χ0n) is 11.2. The molecule has 0 aromatic rings. The summed E-state index contributed by atoms with van der Waals surface area (Å²) in [7, 11) is 0. The number of ether oxygens (including phenoxy) is 1. The Morgan fingerprint density at radius 1 is 0.833 bits per heavy atom. The maximum Gasteiger partial charge on any atom is 0.320 e. The minimum absolute atomic E-state index is 0.242. The molecule has 2 aliphatic heterocycles. The molecule has 0 unspecified atom stereocenters. The van der Waals surface area contributed by atoms with Gasteiger partial charge in [-0.15, -0.1) is 0 Å². The van der Waals surface area contributed by atoms with E-state index in [0.717, 1.165) is 26.2 Å². The van der Waals surface area contributed by atoms with Gasteiger partial charge >= 0.3 is 6.03 Å². The van der Waals surface area contributed by atoms with Crippen LogP contribution in [-0.2, 0) is 4.74 Å². The lowest BCUT2D eigenvalue weighted by Crippen LogP contribution is -2.51. The van der Waals surface area contributed by atoms with Crippen LogP contribution in [0.5, 0.6) is 0 Å². The van der Waals surface area contributed by atoms with Gasteiger partial charge in [0.05, 0.1) is 13.2 Å². The quantitative estimate of drug-likeness (QED) is 0.661. The second-order valence-electron chi connectivity index (χ2n) is 6.08. The summed E-state index contributed by atoms with van der Waals surface area (Å²) in [6.07, 6.45) is 8.04. The number of nitrogens with zero attached hydrogens (tertiary/aromatic N) is 2. The van der Waals surface area contributed by atoms with E-state index in [1.807, 2.05) is 4.90 Å². The van der Waals surface area contributed by atoms with Gasteiger partial charge in [-0.25, -0.2) is 4.79 Å². The van der Waals surface area contributed by atoms with Crippen LogP contribution in [0.25, 0.3) is 0 Å². The number of piperidine rings is 1. The van der Waals surface area contributed by atoms with E-state index in [4.69, 9.17) is 4.74 Å². The van der Waals surface area contributed by atoms with Crippen molar-refractivity contribution in [2.24, 2.45) is 5.41 Å². The first-order chi connectivity index (χ1) is 8.79. The van der Waals surface area contributed by atoms with Crippen molar-refractivity contribution < 1.29 is 9.53 Å². The lowest BCUT2D eigenvalue weighted by atomic mass is 9.77. The Balaban J connectivity index is 1.53. The van der Waals surface area contributed by atoms with Gasteiger partial charge in [0.15, 0.2) is 0 Å². The molecule has 0 radical (unpaired) electrons. The van der Waals surface area contributed by atoms with Gasteiger partial charge in [-0.2, -0.15) is 0 Å². The van der Waals surface area contributed by atoms with Crippen molar-refractivity contribution in [3.05, 3.63) is 0 Å². The van der Waals surface area contributed by atoms with E-state index in [2.05, 4.69) is 4.90 Å². The average molecular weight is 252 g/mol. The molecule has 1 saturated carbocycles. The molecule has 1 aliphatic carbocycles. The minimum atomic E-state index is 0.242. The van der Waals surface area contributed by atoms with Crippen molar-refractivity contribution in [1.29, 1.82) is 0 Å². The average Bonchev–Trinajstić information content (AvgIpc) is 2.88. The third-order valence-electron chi connectivity index (χ3n) is 5.04. The molecule has 2 heterocycles. The maximum absolute atomic E-state index is 12.4. The molecule has 4 heteroatoms. The van der Waals surface area contributed by atoms with Gasteiger partial charge in [-0.05, 0) is 31.1 Å². The number of morpholine rings is 1. The molecule has 2 saturated heterocycles. The SMILES string of the molecule is O=C(N1CCOCC1)N1CCC2(CCCC2)CC1. The summed E-state index contributed by atoms with van der Waals surface area (Å²) in [5, 5.41) is 0. The molecule has 4 nitrogen and oxygen atoms in total. The third-order valence-corrected chi connectivity index (χ3v) is 5.04. The lowest BCUT2D eigenvalue weighted by Gasteiger charge is -2.41. The van der Waals surface area contributed by atoms with Crippen LogP contribution in [0.15, 0.2) is 0 Å². The highest BCUT2D eigenvalue weighted by atomic mass is 16.5. The molecule has 102 valence electrons. The highest BCUT2D eigenvalue weighted by molar-refractivity contribution is 5.74. The van der Waals surface area contributed by atoms with Gasteiger partial charge in [-0.1, -0.05) is 12.8 Å². The van der Waals surface area contributed by atoms with Gasteiger partial charge in [0.1, 0.15) is 0 Å². The van der Waals surface area contributed by atoms with Gasteiger partial charge in [-0.3, -0.25) is 0 Å². The largest absolute Gasteiger partial charge is 0.378 e. The van der Waals surface area contributed by atoms with Crippen molar-refractivity contribution in [3.63, 3.8) is 0 Å². The van der Waals surface area contributed by atoms with Crippen LogP contribution in [-0.4, -0.2) is 55.2 Å². The molecule has 0 aromatic heterocycles. The normalized spacial score (nSPS) is 27.8. The highest BCUT2D eigenvalue weighted by Crippen LogP contribution is 2.46. The molecule has 0 atom stereocenters. The van der Waals surface area contributed by atoms with Crippen LogP contribution in [0.4, 0.5) is 4.79 Å². The number of amides is 2. The summed E-state index contributed by atoms with van der Waals surface area (Å²) >= 11 is 0. The van der Waals surface area contributed by atoms with E-state index in [0.29, 0.717) is 18.6 Å². The Kier molecular flexibility index (Phi) is 3.46. The van der Waals surface area contributed by atoms with E-state index < -0.39 is 0 Å². The van der Waals surface area contributed by atoms with Gasteiger partial charge < -0.3 is 14.5 Å². The second-order valence-corrected chi connectivity index (χ2v) is 6.08. The van der Waals surface area contributed by atoms with E-state index in [9.17, 15) is 4.79 Å². The van der Waals surface area contributed by atoms with Crippen LogP contribution < -0.4 is 0 Å². The molecule has 0 bridgehead atoms. The Hall–Kier alpha value is -0.770. The molecule has 2 amide bonds. The van der Waals surface area contributed by atoms with Crippen molar-refractivity contribution in [1.82, 2.24) is 9.80 Å². The van der Waals surface area contributed by atoms with Gasteiger partial charge in [0.25, 0.3) is 0 Å². The molecule has 0 aromatic carbocycles. The molecule has 18 heavy (non-hydrogen) atoms. The standard InChI is InChI=1S/C14H24N2O2/c17-13(16-9-11-18-12-10-16)15-7-5-14(6-8-15)3-1-2-4-14/h1-12H2. The number of carbonyl (C=O) groups excluding carboxylic acids is 1. The first kappa shape index (κ1) is 12.3. The number of hydrogen-bond donors (Lipinski definition) is 0. The predicted molar refractivity (Wildman–Crippen MR) is 69.5 cm³/mol. The molecule has 1 spiro atoms. The Morgan fingerprint density at radius 2 is 1.39 bits per heavy atom. The smallest absolute Gasteiger partial charge is 0.320 e. The molecule has 3 fully saturated rings. The fraction of sp³-hybridized carbons (Fsp3) is 0.929. The lowest BCUT2D eigenvalue weighted by molar-refractivity contribution is 0.0352.